The Morgan fingerprint density at radius 3 is 2.36 bits per heavy atom. The van der Waals surface area contributed by atoms with Crippen molar-refractivity contribution < 1.29 is 14.3 Å². The molecule has 0 aliphatic rings. The maximum atomic E-state index is 11.9. The first-order valence-electron chi connectivity index (χ1n) is 6.64. The number of ether oxygens (including phenoxy) is 2. The average Bonchev–Trinajstić information content (AvgIpc) is 2.54. The van der Waals surface area contributed by atoms with Crippen LogP contribution >= 0.6 is 11.6 Å². The molecule has 0 aromatic heterocycles. The molecule has 2 aromatic carbocycles. The molecule has 0 radical (unpaired) electrons. The van der Waals surface area contributed by atoms with Gasteiger partial charge in [-0.3, -0.25) is 0 Å². The van der Waals surface area contributed by atoms with E-state index in [1.807, 2.05) is 30.3 Å². The fourth-order valence-electron chi connectivity index (χ4n) is 1.90. The van der Waals surface area contributed by atoms with Crippen molar-refractivity contribution in [3.05, 3.63) is 53.1 Å². The van der Waals surface area contributed by atoms with Crippen LogP contribution in [0.25, 0.3) is 0 Å². The standard InChI is InChI=1S/C16H17ClN2O3/c1-21-14-8-11(13(17)9-15(14)22-2)10-18-16(20)19-12-6-4-3-5-7-12/h3-9H,10H2,1-2H3,(H2,18,19,20). The number of methoxy groups -OCH3 is 2. The minimum atomic E-state index is -0.308. The highest BCUT2D eigenvalue weighted by Gasteiger charge is 2.10. The number of amides is 2. The van der Waals surface area contributed by atoms with Crippen LogP contribution < -0.4 is 20.1 Å². The molecule has 0 bridgehead atoms. The first-order valence-corrected chi connectivity index (χ1v) is 7.02. The highest BCUT2D eigenvalue weighted by Crippen LogP contribution is 2.32. The predicted molar refractivity (Wildman–Crippen MR) is 86.9 cm³/mol. The van der Waals surface area contributed by atoms with E-state index >= 15 is 0 Å². The van der Waals surface area contributed by atoms with Crippen LogP contribution in [0.4, 0.5) is 10.5 Å². The molecule has 5 nitrogen and oxygen atoms in total. The Morgan fingerprint density at radius 2 is 1.73 bits per heavy atom. The van der Waals surface area contributed by atoms with Crippen molar-refractivity contribution in [3.63, 3.8) is 0 Å². The van der Waals surface area contributed by atoms with Crippen LogP contribution in [0.1, 0.15) is 5.56 Å². The summed E-state index contributed by atoms with van der Waals surface area (Å²) in [4.78, 5) is 11.9. The van der Waals surface area contributed by atoms with E-state index in [0.717, 1.165) is 11.3 Å². The molecule has 2 amide bonds. The average molecular weight is 321 g/mol. The van der Waals surface area contributed by atoms with Crippen molar-refractivity contribution in [1.82, 2.24) is 5.32 Å². The number of anilines is 1. The second kappa shape index (κ2) is 7.56. The molecule has 0 spiro atoms. The third-order valence-electron chi connectivity index (χ3n) is 3.02. The Bertz CT molecular complexity index is 647. The van der Waals surface area contributed by atoms with E-state index in [-0.39, 0.29) is 12.6 Å². The van der Waals surface area contributed by atoms with E-state index in [1.165, 1.54) is 0 Å². The lowest BCUT2D eigenvalue weighted by molar-refractivity contribution is 0.251. The van der Waals surface area contributed by atoms with E-state index in [2.05, 4.69) is 10.6 Å². The van der Waals surface area contributed by atoms with Crippen LogP contribution in [0.3, 0.4) is 0 Å². The molecular weight excluding hydrogens is 304 g/mol. The second-order valence-electron chi connectivity index (χ2n) is 4.47. The molecule has 0 heterocycles. The highest BCUT2D eigenvalue weighted by molar-refractivity contribution is 6.31. The minimum absolute atomic E-state index is 0.276. The molecular formula is C16H17ClN2O3. The molecule has 0 atom stereocenters. The maximum absolute atomic E-state index is 11.9. The van der Waals surface area contributed by atoms with Crippen LogP contribution in [0, 0.1) is 0 Å². The smallest absolute Gasteiger partial charge is 0.319 e. The van der Waals surface area contributed by atoms with E-state index in [9.17, 15) is 4.79 Å². The number of benzene rings is 2. The van der Waals surface area contributed by atoms with E-state index in [1.54, 1.807) is 26.4 Å². The largest absolute Gasteiger partial charge is 0.493 e. The van der Waals surface area contributed by atoms with Crippen LogP contribution in [0.15, 0.2) is 42.5 Å². The number of hydrogen-bond donors (Lipinski definition) is 2. The van der Waals surface area contributed by atoms with Crippen LogP contribution in [-0.4, -0.2) is 20.3 Å². The van der Waals surface area contributed by atoms with Crippen molar-refractivity contribution in [2.75, 3.05) is 19.5 Å². The van der Waals surface area contributed by atoms with Gasteiger partial charge in [-0.15, -0.1) is 0 Å². The molecule has 116 valence electrons. The molecule has 2 aromatic rings. The van der Waals surface area contributed by atoms with Crippen molar-refractivity contribution in [3.8, 4) is 11.5 Å². The van der Waals surface area contributed by atoms with Gasteiger partial charge in [0.15, 0.2) is 11.5 Å². The third-order valence-corrected chi connectivity index (χ3v) is 3.38. The van der Waals surface area contributed by atoms with Gasteiger partial charge in [0, 0.05) is 23.3 Å². The summed E-state index contributed by atoms with van der Waals surface area (Å²) >= 11 is 6.17. The molecule has 2 N–H and O–H groups in total. The second-order valence-corrected chi connectivity index (χ2v) is 4.88. The number of carbonyl (C=O) groups is 1. The Kier molecular flexibility index (Phi) is 5.49. The number of para-hydroxylation sites is 1. The Labute approximate surface area is 134 Å². The Morgan fingerprint density at radius 1 is 1.09 bits per heavy atom. The lowest BCUT2D eigenvalue weighted by Crippen LogP contribution is -2.28. The highest BCUT2D eigenvalue weighted by atomic mass is 35.5. The first kappa shape index (κ1) is 16.0. The van der Waals surface area contributed by atoms with Gasteiger partial charge in [-0.25, -0.2) is 4.79 Å². The normalized spacial score (nSPS) is 9.95. The van der Waals surface area contributed by atoms with Gasteiger partial charge in [-0.05, 0) is 23.8 Å². The molecule has 0 aliphatic heterocycles. The minimum Gasteiger partial charge on any atom is -0.493 e. The van der Waals surface area contributed by atoms with Crippen LogP contribution in [-0.2, 0) is 6.54 Å². The summed E-state index contributed by atoms with van der Waals surface area (Å²) in [6, 6.07) is 12.3. The van der Waals surface area contributed by atoms with Gasteiger partial charge >= 0.3 is 6.03 Å². The summed E-state index contributed by atoms with van der Waals surface area (Å²) in [5, 5.41) is 5.98. The monoisotopic (exact) mass is 320 g/mol. The fraction of sp³-hybridized carbons (Fsp3) is 0.188. The molecule has 0 saturated carbocycles. The maximum Gasteiger partial charge on any atom is 0.319 e. The van der Waals surface area contributed by atoms with E-state index in [0.29, 0.717) is 16.5 Å². The van der Waals surface area contributed by atoms with Crippen LogP contribution in [0.5, 0.6) is 11.5 Å². The van der Waals surface area contributed by atoms with Gasteiger partial charge in [0.2, 0.25) is 0 Å². The Balaban J connectivity index is 2.00. The number of hydrogen-bond acceptors (Lipinski definition) is 3. The molecule has 0 fully saturated rings. The van der Waals surface area contributed by atoms with Gasteiger partial charge in [0.25, 0.3) is 0 Å². The lowest BCUT2D eigenvalue weighted by Gasteiger charge is -2.12. The number of urea groups is 1. The van der Waals surface area contributed by atoms with Crippen LogP contribution in [0.2, 0.25) is 5.02 Å². The zero-order chi connectivity index (χ0) is 15.9. The van der Waals surface area contributed by atoms with E-state index < -0.39 is 0 Å². The number of nitrogens with one attached hydrogen (secondary N) is 2. The molecule has 22 heavy (non-hydrogen) atoms. The van der Waals surface area contributed by atoms with Crippen molar-refractivity contribution in [1.29, 1.82) is 0 Å². The first-order chi connectivity index (χ1) is 10.6. The number of rotatable bonds is 5. The number of halogens is 1. The predicted octanol–water partition coefficient (Wildman–Crippen LogP) is 3.68. The summed E-state index contributed by atoms with van der Waals surface area (Å²) in [6.07, 6.45) is 0. The molecule has 0 unspecified atom stereocenters. The van der Waals surface area contributed by atoms with Crippen molar-refractivity contribution in [2.24, 2.45) is 0 Å². The summed E-state index contributed by atoms with van der Waals surface area (Å²) in [6.45, 7) is 0.276. The van der Waals surface area contributed by atoms with Gasteiger partial charge < -0.3 is 20.1 Å². The molecule has 0 saturated heterocycles. The topological polar surface area (TPSA) is 59.6 Å². The SMILES string of the molecule is COc1cc(Cl)c(CNC(=O)Nc2ccccc2)cc1OC. The Hall–Kier alpha value is -2.40. The molecule has 0 aliphatic carbocycles. The zero-order valence-corrected chi connectivity index (χ0v) is 13.1. The van der Waals surface area contributed by atoms with Gasteiger partial charge in [-0.2, -0.15) is 0 Å². The van der Waals surface area contributed by atoms with Crippen molar-refractivity contribution in [2.45, 2.75) is 6.54 Å². The lowest BCUT2D eigenvalue weighted by atomic mass is 10.2. The molecule has 6 heteroatoms. The third kappa shape index (κ3) is 4.05. The molecule has 2 rings (SSSR count). The van der Waals surface area contributed by atoms with E-state index in [4.69, 9.17) is 21.1 Å². The van der Waals surface area contributed by atoms with Gasteiger partial charge in [0.05, 0.1) is 14.2 Å². The zero-order valence-electron chi connectivity index (χ0n) is 12.4. The summed E-state index contributed by atoms with van der Waals surface area (Å²) in [7, 11) is 3.09. The summed E-state index contributed by atoms with van der Waals surface area (Å²) in [5.74, 6) is 1.11. The fourth-order valence-corrected chi connectivity index (χ4v) is 2.12. The van der Waals surface area contributed by atoms with Gasteiger partial charge in [-0.1, -0.05) is 29.8 Å². The van der Waals surface area contributed by atoms with Crippen molar-refractivity contribution >= 4 is 23.3 Å². The van der Waals surface area contributed by atoms with Gasteiger partial charge in [0.1, 0.15) is 0 Å². The summed E-state index contributed by atoms with van der Waals surface area (Å²) < 4.78 is 10.4. The number of carbonyl (C=O) groups excluding carboxylic acids is 1. The quantitative estimate of drug-likeness (QED) is 0.883. The summed E-state index contributed by atoms with van der Waals surface area (Å²) in [5.41, 5.74) is 1.46.